The Morgan fingerprint density at radius 1 is 1.17 bits per heavy atom. The summed E-state index contributed by atoms with van der Waals surface area (Å²) in [6.45, 7) is 3.97. The second-order valence-electron chi connectivity index (χ2n) is 10.5. The molecule has 41 heavy (non-hydrogen) atoms. The number of carbonyl (C=O) groups is 3. The topological polar surface area (TPSA) is 133 Å². The summed E-state index contributed by atoms with van der Waals surface area (Å²) >= 11 is 6.17. The molecular weight excluding hydrogens is 548 g/mol. The molecule has 1 saturated heterocycles. The molecule has 2 aliphatic rings. The van der Waals surface area contributed by atoms with Crippen molar-refractivity contribution in [2.45, 2.75) is 69.5 Å². The van der Waals surface area contributed by atoms with Gasteiger partial charge in [-0.05, 0) is 49.9 Å². The number of nitrogens with zero attached hydrogens (tertiary/aromatic N) is 2. The van der Waals surface area contributed by atoms with E-state index in [2.05, 4.69) is 5.32 Å². The molecule has 3 N–H and O–H groups in total. The number of halogens is 1. The summed E-state index contributed by atoms with van der Waals surface area (Å²) in [4.78, 5) is 45.9. The largest absolute Gasteiger partial charge is 0.476 e. The van der Waals surface area contributed by atoms with E-state index >= 15 is 0 Å². The molecule has 0 aromatic heterocycles. The molecule has 5 atom stereocenters. The number of nitrogens with two attached hydrogens (primary N) is 1. The van der Waals surface area contributed by atoms with Gasteiger partial charge >= 0.3 is 5.97 Å². The van der Waals surface area contributed by atoms with E-state index in [4.69, 9.17) is 36.5 Å². The van der Waals surface area contributed by atoms with Crippen LogP contribution < -0.4 is 11.1 Å². The lowest BCUT2D eigenvalue weighted by molar-refractivity contribution is -0.147. The first-order valence-corrected chi connectivity index (χ1v) is 14.1. The van der Waals surface area contributed by atoms with Gasteiger partial charge in [0.15, 0.2) is 5.54 Å². The normalized spacial score (nSPS) is 22.3. The van der Waals surface area contributed by atoms with Gasteiger partial charge in [-0.1, -0.05) is 54.1 Å². The van der Waals surface area contributed by atoms with Crippen LogP contribution in [0, 0.1) is 0 Å². The molecule has 2 aromatic carbocycles. The summed E-state index contributed by atoms with van der Waals surface area (Å²) in [6.07, 6.45) is 0.856. The number of rotatable bonds is 11. The summed E-state index contributed by atoms with van der Waals surface area (Å²) in [6, 6.07) is 14.4. The number of ether oxygens (including phenoxy) is 3. The molecule has 0 unspecified atom stereocenters. The molecule has 2 aromatic rings. The molecule has 2 heterocycles. The number of benzene rings is 2. The first-order valence-electron chi connectivity index (χ1n) is 13.7. The van der Waals surface area contributed by atoms with E-state index in [9.17, 15) is 14.4 Å². The molecule has 10 nitrogen and oxygen atoms in total. The molecule has 0 saturated carbocycles. The molecule has 4 rings (SSSR count). The van der Waals surface area contributed by atoms with Gasteiger partial charge in [0, 0.05) is 18.0 Å². The monoisotopic (exact) mass is 584 g/mol. The average molecular weight is 585 g/mol. The predicted molar refractivity (Wildman–Crippen MR) is 154 cm³/mol. The lowest BCUT2D eigenvalue weighted by Gasteiger charge is -2.32. The van der Waals surface area contributed by atoms with E-state index in [1.54, 1.807) is 36.9 Å². The number of hydrogen-bond acceptors (Lipinski definition) is 8. The van der Waals surface area contributed by atoms with Gasteiger partial charge in [-0.25, -0.2) is 9.79 Å². The van der Waals surface area contributed by atoms with Crippen molar-refractivity contribution in [2.75, 3.05) is 20.3 Å². The molecule has 0 bridgehead atoms. The Bertz CT molecular complexity index is 1270. The molecule has 0 aliphatic carbocycles. The third-order valence-corrected chi connectivity index (χ3v) is 7.59. The van der Waals surface area contributed by atoms with E-state index in [1.165, 1.54) is 7.11 Å². The van der Waals surface area contributed by atoms with E-state index in [1.807, 2.05) is 36.4 Å². The number of methoxy groups -OCH3 is 1. The van der Waals surface area contributed by atoms with Crippen molar-refractivity contribution in [3.8, 4) is 0 Å². The maximum atomic E-state index is 14.0. The van der Waals surface area contributed by atoms with Crippen molar-refractivity contribution in [2.24, 2.45) is 10.7 Å². The van der Waals surface area contributed by atoms with Crippen LogP contribution in [0.2, 0.25) is 5.02 Å². The molecule has 11 heteroatoms. The van der Waals surface area contributed by atoms with Gasteiger partial charge in [-0.2, -0.15) is 0 Å². The summed E-state index contributed by atoms with van der Waals surface area (Å²) in [5, 5.41) is 3.32. The lowest BCUT2D eigenvalue weighted by atomic mass is 9.92. The van der Waals surface area contributed by atoms with Gasteiger partial charge in [0.2, 0.25) is 17.7 Å². The molecule has 220 valence electrons. The van der Waals surface area contributed by atoms with Crippen LogP contribution in [0.1, 0.15) is 37.8 Å². The van der Waals surface area contributed by atoms with Crippen molar-refractivity contribution in [3.63, 3.8) is 0 Å². The Balaban J connectivity index is 1.56. The zero-order valence-corrected chi connectivity index (χ0v) is 24.3. The van der Waals surface area contributed by atoms with Crippen LogP contribution in [0.3, 0.4) is 0 Å². The fourth-order valence-electron chi connectivity index (χ4n) is 5.11. The summed E-state index contributed by atoms with van der Waals surface area (Å²) < 4.78 is 17.1. The highest BCUT2D eigenvalue weighted by Crippen LogP contribution is 2.31. The molecule has 0 radical (unpaired) electrons. The Labute approximate surface area is 245 Å². The van der Waals surface area contributed by atoms with Gasteiger partial charge < -0.3 is 30.2 Å². The van der Waals surface area contributed by atoms with Crippen LogP contribution >= 0.6 is 11.6 Å². The summed E-state index contributed by atoms with van der Waals surface area (Å²) in [5.41, 5.74) is 6.25. The van der Waals surface area contributed by atoms with E-state index in [0.717, 1.165) is 11.1 Å². The first kappa shape index (κ1) is 30.5. The Morgan fingerprint density at radius 3 is 2.59 bits per heavy atom. The minimum absolute atomic E-state index is 0.0263. The highest BCUT2D eigenvalue weighted by atomic mass is 35.5. The SMILES string of the molecule is COC(=O)[C@@]1(Cc2cccc(Cl)c2)COC([C@@H]2CCCN2C(=O)[C@@H](NC(=O)[C@H](C)N)[C@@H](C)OCc2ccccc2)=N1. The number of hydrogen-bond donors (Lipinski definition) is 2. The van der Waals surface area contributed by atoms with Crippen LogP contribution in [0.25, 0.3) is 0 Å². The van der Waals surface area contributed by atoms with E-state index in [-0.39, 0.29) is 25.5 Å². The van der Waals surface area contributed by atoms with Gasteiger partial charge in [0.1, 0.15) is 18.7 Å². The van der Waals surface area contributed by atoms with Crippen molar-refractivity contribution in [1.82, 2.24) is 10.2 Å². The Hall–Kier alpha value is -3.47. The third-order valence-electron chi connectivity index (χ3n) is 7.36. The minimum atomic E-state index is -1.30. The van der Waals surface area contributed by atoms with Crippen molar-refractivity contribution in [1.29, 1.82) is 0 Å². The van der Waals surface area contributed by atoms with E-state index < -0.39 is 41.6 Å². The summed E-state index contributed by atoms with van der Waals surface area (Å²) in [5.74, 6) is -1.04. The standard InChI is InChI=1S/C30H37ClN4O6/c1-19(32)26(36)33-25(20(2)40-17-21-9-5-4-6-10-21)28(37)35-14-8-13-24(35)27-34-30(18-41-27,29(38)39-3)16-22-11-7-12-23(31)15-22/h4-7,9-12,15,19-20,24-25H,8,13-14,16-18,32H2,1-3H3,(H,33,36)/t19-,20+,24-,25-,30+/m0/s1. The van der Waals surface area contributed by atoms with Crippen LogP contribution in [0.5, 0.6) is 0 Å². The van der Waals surface area contributed by atoms with E-state index in [0.29, 0.717) is 30.3 Å². The second kappa shape index (κ2) is 13.5. The van der Waals surface area contributed by atoms with Gasteiger partial charge in [0.05, 0.1) is 25.9 Å². The van der Waals surface area contributed by atoms with Crippen LogP contribution in [-0.2, 0) is 41.6 Å². The maximum absolute atomic E-state index is 14.0. The molecule has 0 spiro atoms. The van der Waals surface area contributed by atoms with Gasteiger partial charge in [0.25, 0.3) is 0 Å². The Kier molecular flexibility index (Phi) is 10.0. The number of carbonyl (C=O) groups excluding carboxylic acids is 3. The number of aliphatic imine (C=N–C) groups is 1. The maximum Gasteiger partial charge on any atom is 0.337 e. The number of likely N-dealkylation sites (tertiary alicyclic amines) is 1. The van der Waals surface area contributed by atoms with Gasteiger partial charge in [-0.15, -0.1) is 0 Å². The number of esters is 1. The zero-order chi connectivity index (χ0) is 29.6. The van der Waals surface area contributed by atoms with Crippen molar-refractivity contribution < 1.29 is 28.6 Å². The highest BCUT2D eigenvalue weighted by molar-refractivity contribution is 6.30. The molecule has 2 amide bonds. The zero-order valence-electron chi connectivity index (χ0n) is 23.5. The molecule has 2 aliphatic heterocycles. The van der Waals surface area contributed by atoms with Crippen LogP contribution in [-0.4, -0.2) is 78.6 Å². The van der Waals surface area contributed by atoms with Crippen LogP contribution in [0.15, 0.2) is 59.6 Å². The van der Waals surface area contributed by atoms with Crippen molar-refractivity contribution in [3.05, 3.63) is 70.7 Å². The van der Waals surface area contributed by atoms with Gasteiger partial charge in [-0.3, -0.25) is 9.59 Å². The minimum Gasteiger partial charge on any atom is -0.476 e. The fraction of sp³-hybridized carbons (Fsp3) is 0.467. The third kappa shape index (κ3) is 7.25. The number of nitrogens with one attached hydrogen (secondary N) is 1. The second-order valence-corrected chi connectivity index (χ2v) is 11.0. The lowest BCUT2D eigenvalue weighted by Crippen LogP contribution is -2.58. The Morgan fingerprint density at radius 2 is 1.90 bits per heavy atom. The fourth-order valence-corrected chi connectivity index (χ4v) is 5.32. The smallest absolute Gasteiger partial charge is 0.337 e. The molecule has 1 fully saturated rings. The quantitative estimate of drug-likeness (QED) is 0.388. The van der Waals surface area contributed by atoms with Crippen molar-refractivity contribution >= 4 is 35.3 Å². The summed E-state index contributed by atoms with van der Waals surface area (Å²) in [7, 11) is 1.31. The highest BCUT2D eigenvalue weighted by Gasteiger charge is 2.49. The first-order chi connectivity index (χ1) is 19.6. The predicted octanol–water partition coefficient (Wildman–Crippen LogP) is 2.65. The number of amides is 2. The van der Waals surface area contributed by atoms with Crippen LogP contribution in [0.4, 0.5) is 0 Å². The molecular formula is C30H37ClN4O6. The average Bonchev–Trinajstić information content (AvgIpc) is 3.62.